The summed E-state index contributed by atoms with van der Waals surface area (Å²) in [5.74, 6) is 1.02. The molecule has 1 N–H and O–H groups in total. The van der Waals surface area contributed by atoms with Gasteiger partial charge in [0.15, 0.2) is 0 Å². The van der Waals surface area contributed by atoms with E-state index in [-0.39, 0.29) is 0 Å². The molecule has 0 saturated carbocycles. The van der Waals surface area contributed by atoms with Crippen molar-refractivity contribution in [1.29, 1.82) is 0 Å². The first kappa shape index (κ1) is 16.6. The van der Waals surface area contributed by atoms with E-state index in [2.05, 4.69) is 44.0 Å². The highest BCUT2D eigenvalue weighted by Gasteiger charge is 2.21. The van der Waals surface area contributed by atoms with Crippen LogP contribution in [-0.4, -0.2) is 47.9 Å². The fourth-order valence-electron chi connectivity index (χ4n) is 3.92. The summed E-state index contributed by atoms with van der Waals surface area (Å²) in [4.78, 5) is 6.79. The second kappa shape index (κ2) is 7.58. The van der Waals surface area contributed by atoms with Gasteiger partial charge in [0.2, 0.25) is 0 Å². The highest BCUT2D eigenvalue weighted by Crippen LogP contribution is 2.22. The van der Waals surface area contributed by atoms with E-state index in [0.29, 0.717) is 12.1 Å². The summed E-state index contributed by atoms with van der Waals surface area (Å²) in [5, 5.41) is 3.71. The van der Waals surface area contributed by atoms with Crippen molar-refractivity contribution < 1.29 is 4.74 Å². The quantitative estimate of drug-likeness (QED) is 0.909. The first-order valence-corrected chi connectivity index (χ1v) is 9.50. The molecule has 25 heavy (non-hydrogen) atoms. The van der Waals surface area contributed by atoms with Gasteiger partial charge in [0.25, 0.3) is 0 Å². The predicted octanol–water partition coefficient (Wildman–Crippen LogP) is 2.92. The topological polar surface area (TPSA) is 42.3 Å². The van der Waals surface area contributed by atoms with Gasteiger partial charge in [0, 0.05) is 56.1 Å². The van der Waals surface area contributed by atoms with Crippen LogP contribution in [-0.2, 0) is 4.74 Å². The zero-order chi connectivity index (χ0) is 17.1. The van der Waals surface area contributed by atoms with Crippen molar-refractivity contribution in [2.75, 3.05) is 31.1 Å². The number of nitrogens with one attached hydrogen (secondary N) is 1. The second-order valence-corrected chi connectivity index (χ2v) is 7.17. The van der Waals surface area contributed by atoms with Crippen LogP contribution < -0.4 is 10.2 Å². The van der Waals surface area contributed by atoms with E-state index in [1.165, 1.54) is 37.1 Å². The molecule has 134 valence electrons. The SMILES string of the molecule is Cc1nccn1-c1ccc(N2CCC(NCC3CCCO3)CC2)cc1. The van der Waals surface area contributed by atoms with Gasteiger partial charge in [-0.3, -0.25) is 0 Å². The molecular weight excluding hydrogens is 312 g/mol. The summed E-state index contributed by atoms with van der Waals surface area (Å²) in [5.41, 5.74) is 2.49. The van der Waals surface area contributed by atoms with E-state index in [4.69, 9.17) is 4.74 Å². The summed E-state index contributed by atoms with van der Waals surface area (Å²) in [6.07, 6.45) is 9.14. The Morgan fingerprint density at radius 1 is 1.12 bits per heavy atom. The van der Waals surface area contributed by atoms with E-state index < -0.39 is 0 Å². The maximum Gasteiger partial charge on any atom is 0.110 e. The fraction of sp³-hybridized carbons (Fsp3) is 0.550. The van der Waals surface area contributed by atoms with E-state index in [1.807, 2.05) is 19.3 Å². The molecule has 0 amide bonds. The number of aromatic nitrogens is 2. The van der Waals surface area contributed by atoms with Gasteiger partial charge in [0.1, 0.15) is 5.82 Å². The van der Waals surface area contributed by atoms with Crippen LogP contribution in [0.2, 0.25) is 0 Å². The Bertz CT molecular complexity index is 667. The maximum absolute atomic E-state index is 5.71. The number of anilines is 1. The molecule has 3 heterocycles. The van der Waals surface area contributed by atoms with Crippen molar-refractivity contribution in [3.63, 3.8) is 0 Å². The number of rotatable bonds is 5. The minimum atomic E-state index is 0.442. The third kappa shape index (κ3) is 3.88. The molecule has 5 nitrogen and oxygen atoms in total. The molecule has 0 aliphatic carbocycles. The smallest absolute Gasteiger partial charge is 0.110 e. The standard InChI is InChI=1S/C20H28N4O/c1-16-21-10-13-24(16)19-6-4-18(5-7-19)23-11-8-17(9-12-23)22-15-20-3-2-14-25-20/h4-7,10,13,17,20,22H,2-3,8-9,11-12,14-15H2,1H3. The Labute approximate surface area is 150 Å². The molecule has 4 rings (SSSR count). The molecule has 1 aromatic heterocycles. The van der Waals surface area contributed by atoms with Gasteiger partial charge in [0.05, 0.1) is 6.10 Å². The molecule has 2 aromatic rings. The van der Waals surface area contributed by atoms with Crippen LogP contribution in [0.25, 0.3) is 5.69 Å². The molecule has 5 heteroatoms. The summed E-state index contributed by atoms with van der Waals surface area (Å²) < 4.78 is 7.82. The molecule has 1 aromatic carbocycles. The summed E-state index contributed by atoms with van der Waals surface area (Å²) in [6.45, 7) is 6.23. The summed E-state index contributed by atoms with van der Waals surface area (Å²) >= 11 is 0. The second-order valence-electron chi connectivity index (χ2n) is 7.17. The molecule has 0 bridgehead atoms. The Morgan fingerprint density at radius 2 is 1.88 bits per heavy atom. The molecule has 1 unspecified atom stereocenters. The van der Waals surface area contributed by atoms with Gasteiger partial charge < -0.3 is 19.5 Å². The van der Waals surface area contributed by atoms with Gasteiger partial charge >= 0.3 is 0 Å². The number of piperidine rings is 1. The first-order valence-electron chi connectivity index (χ1n) is 9.50. The molecule has 2 fully saturated rings. The number of nitrogens with zero attached hydrogens (tertiary/aromatic N) is 3. The third-order valence-electron chi connectivity index (χ3n) is 5.47. The average molecular weight is 340 g/mol. The Morgan fingerprint density at radius 3 is 2.52 bits per heavy atom. The average Bonchev–Trinajstić information content (AvgIpc) is 3.32. The summed E-state index contributed by atoms with van der Waals surface area (Å²) in [6, 6.07) is 9.47. The van der Waals surface area contributed by atoms with E-state index in [0.717, 1.165) is 32.1 Å². The summed E-state index contributed by atoms with van der Waals surface area (Å²) in [7, 11) is 0. The van der Waals surface area contributed by atoms with Gasteiger partial charge in [-0.25, -0.2) is 4.98 Å². The normalized spacial score (nSPS) is 21.8. The number of ether oxygens (including phenoxy) is 1. The van der Waals surface area contributed by atoms with Crippen LogP contribution >= 0.6 is 0 Å². The van der Waals surface area contributed by atoms with Gasteiger partial charge in [-0.2, -0.15) is 0 Å². The monoisotopic (exact) mass is 340 g/mol. The van der Waals surface area contributed by atoms with Crippen molar-refractivity contribution in [3.8, 4) is 5.69 Å². The van der Waals surface area contributed by atoms with Crippen LogP contribution in [0.5, 0.6) is 0 Å². The number of hydrogen-bond acceptors (Lipinski definition) is 4. The van der Waals surface area contributed by atoms with Crippen molar-refractivity contribution in [3.05, 3.63) is 42.5 Å². The Hall–Kier alpha value is -1.85. The molecule has 1 atom stereocenters. The van der Waals surface area contributed by atoms with Gasteiger partial charge in [-0.1, -0.05) is 0 Å². The number of hydrogen-bond donors (Lipinski definition) is 1. The lowest BCUT2D eigenvalue weighted by atomic mass is 10.0. The van der Waals surface area contributed by atoms with Crippen molar-refractivity contribution in [2.45, 2.75) is 44.8 Å². The highest BCUT2D eigenvalue weighted by atomic mass is 16.5. The fourth-order valence-corrected chi connectivity index (χ4v) is 3.92. The van der Waals surface area contributed by atoms with Gasteiger partial charge in [-0.15, -0.1) is 0 Å². The van der Waals surface area contributed by atoms with Crippen molar-refractivity contribution in [1.82, 2.24) is 14.9 Å². The maximum atomic E-state index is 5.71. The van der Waals surface area contributed by atoms with Crippen molar-refractivity contribution >= 4 is 5.69 Å². The lowest BCUT2D eigenvalue weighted by molar-refractivity contribution is 0.106. The molecule has 0 radical (unpaired) electrons. The van der Waals surface area contributed by atoms with Crippen LogP contribution in [0.3, 0.4) is 0 Å². The van der Waals surface area contributed by atoms with E-state index in [9.17, 15) is 0 Å². The molecular formula is C20H28N4O. The number of aryl methyl sites for hydroxylation is 1. The number of imidazole rings is 1. The molecule has 2 aliphatic rings. The minimum Gasteiger partial charge on any atom is -0.377 e. The zero-order valence-corrected chi connectivity index (χ0v) is 15.0. The zero-order valence-electron chi connectivity index (χ0n) is 15.0. The molecule has 0 spiro atoms. The lowest BCUT2D eigenvalue weighted by Gasteiger charge is -2.34. The number of benzene rings is 1. The lowest BCUT2D eigenvalue weighted by Crippen LogP contribution is -2.44. The molecule has 2 saturated heterocycles. The van der Waals surface area contributed by atoms with Crippen LogP contribution in [0.15, 0.2) is 36.7 Å². The third-order valence-corrected chi connectivity index (χ3v) is 5.47. The Balaban J connectivity index is 1.29. The Kier molecular flexibility index (Phi) is 5.04. The van der Waals surface area contributed by atoms with Crippen LogP contribution in [0, 0.1) is 6.92 Å². The minimum absolute atomic E-state index is 0.442. The molecule has 2 aliphatic heterocycles. The van der Waals surface area contributed by atoms with Crippen LogP contribution in [0.4, 0.5) is 5.69 Å². The van der Waals surface area contributed by atoms with E-state index in [1.54, 1.807) is 0 Å². The van der Waals surface area contributed by atoms with Gasteiger partial charge in [-0.05, 0) is 56.9 Å². The highest BCUT2D eigenvalue weighted by molar-refractivity contribution is 5.51. The first-order chi connectivity index (χ1) is 12.3. The van der Waals surface area contributed by atoms with Crippen LogP contribution in [0.1, 0.15) is 31.5 Å². The predicted molar refractivity (Wildman–Crippen MR) is 101 cm³/mol. The van der Waals surface area contributed by atoms with Crippen molar-refractivity contribution in [2.24, 2.45) is 0 Å². The largest absolute Gasteiger partial charge is 0.377 e. The van der Waals surface area contributed by atoms with E-state index >= 15 is 0 Å².